The fourth-order valence-electron chi connectivity index (χ4n) is 0.999. The number of aromatic nitrogens is 4. The first kappa shape index (κ1) is 10.4. The number of nitrogens with zero attached hydrogens (tertiary/aromatic N) is 4. The summed E-state index contributed by atoms with van der Waals surface area (Å²) in [6, 6.07) is 1.44. The second kappa shape index (κ2) is 4.63. The SMILES string of the molecule is O=C(Nc1cc(Cl)ncn1)c1cnccn1. The monoisotopic (exact) mass is 235 g/mol. The van der Waals surface area contributed by atoms with Crippen LogP contribution in [-0.2, 0) is 0 Å². The first-order valence-corrected chi connectivity index (χ1v) is 4.68. The van der Waals surface area contributed by atoms with Crippen LogP contribution in [0, 0.1) is 0 Å². The molecule has 0 aliphatic heterocycles. The Balaban J connectivity index is 2.14. The topological polar surface area (TPSA) is 80.7 Å². The summed E-state index contributed by atoms with van der Waals surface area (Å²) in [7, 11) is 0. The highest BCUT2D eigenvalue weighted by Gasteiger charge is 2.08. The number of hydrogen-bond donors (Lipinski definition) is 1. The number of amides is 1. The van der Waals surface area contributed by atoms with Crippen LogP contribution in [0.2, 0.25) is 5.15 Å². The van der Waals surface area contributed by atoms with Gasteiger partial charge >= 0.3 is 0 Å². The Bertz CT molecular complexity index is 504. The zero-order valence-corrected chi connectivity index (χ0v) is 8.72. The van der Waals surface area contributed by atoms with E-state index in [-0.39, 0.29) is 10.8 Å². The number of anilines is 1. The third-order valence-corrected chi connectivity index (χ3v) is 1.88. The van der Waals surface area contributed by atoms with Crippen LogP contribution < -0.4 is 5.32 Å². The summed E-state index contributed by atoms with van der Waals surface area (Å²) in [5.41, 5.74) is 0.206. The van der Waals surface area contributed by atoms with Gasteiger partial charge in [0.25, 0.3) is 5.91 Å². The minimum Gasteiger partial charge on any atom is -0.305 e. The van der Waals surface area contributed by atoms with E-state index in [9.17, 15) is 4.79 Å². The second-order valence-corrected chi connectivity index (χ2v) is 3.16. The average Bonchev–Trinajstić information content (AvgIpc) is 2.30. The Kier molecular flexibility index (Phi) is 3.02. The van der Waals surface area contributed by atoms with E-state index in [2.05, 4.69) is 25.3 Å². The van der Waals surface area contributed by atoms with Crippen molar-refractivity contribution in [2.75, 3.05) is 5.32 Å². The van der Waals surface area contributed by atoms with Gasteiger partial charge in [0, 0.05) is 18.5 Å². The average molecular weight is 236 g/mol. The quantitative estimate of drug-likeness (QED) is 0.791. The summed E-state index contributed by atoms with van der Waals surface area (Å²) in [6.07, 6.45) is 5.53. The van der Waals surface area contributed by atoms with Crippen LogP contribution in [0.3, 0.4) is 0 Å². The molecule has 80 valence electrons. The van der Waals surface area contributed by atoms with E-state index in [4.69, 9.17) is 11.6 Å². The van der Waals surface area contributed by atoms with E-state index < -0.39 is 5.91 Å². The van der Waals surface area contributed by atoms with Gasteiger partial charge in [0.05, 0.1) is 6.20 Å². The van der Waals surface area contributed by atoms with Crippen LogP contribution in [-0.4, -0.2) is 25.8 Å². The Hall–Kier alpha value is -2.08. The lowest BCUT2D eigenvalue weighted by molar-refractivity contribution is 0.102. The van der Waals surface area contributed by atoms with Crippen molar-refractivity contribution in [2.45, 2.75) is 0 Å². The number of carbonyl (C=O) groups is 1. The molecular formula is C9H6ClN5O. The molecule has 16 heavy (non-hydrogen) atoms. The molecule has 0 aliphatic rings. The molecule has 2 rings (SSSR count). The Morgan fingerprint density at radius 1 is 1.25 bits per heavy atom. The summed E-state index contributed by atoms with van der Waals surface area (Å²) >= 11 is 5.64. The molecule has 0 fully saturated rings. The van der Waals surface area contributed by atoms with Crippen molar-refractivity contribution in [2.24, 2.45) is 0 Å². The molecule has 0 atom stereocenters. The minimum absolute atomic E-state index is 0.206. The number of rotatable bonds is 2. The van der Waals surface area contributed by atoms with Crippen molar-refractivity contribution < 1.29 is 4.79 Å². The molecule has 2 heterocycles. The number of halogens is 1. The molecular weight excluding hydrogens is 230 g/mol. The number of hydrogen-bond acceptors (Lipinski definition) is 5. The summed E-state index contributed by atoms with van der Waals surface area (Å²) < 4.78 is 0. The van der Waals surface area contributed by atoms with Gasteiger partial charge in [0.15, 0.2) is 0 Å². The van der Waals surface area contributed by atoms with Gasteiger partial charge in [-0.05, 0) is 0 Å². The predicted molar refractivity (Wildman–Crippen MR) is 57.0 cm³/mol. The summed E-state index contributed by atoms with van der Waals surface area (Å²) in [4.78, 5) is 26.8. The lowest BCUT2D eigenvalue weighted by Crippen LogP contribution is -2.14. The summed E-state index contributed by atoms with van der Waals surface area (Å²) in [5, 5.41) is 2.78. The number of carbonyl (C=O) groups excluding carboxylic acids is 1. The first-order chi connectivity index (χ1) is 7.75. The fraction of sp³-hybridized carbons (Fsp3) is 0. The summed E-state index contributed by atoms with van der Waals surface area (Å²) in [5.74, 6) is -0.0847. The van der Waals surface area contributed by atoms with Crippen LogP contribution >= 0.6 is 11.6 Å². The maximum Gasteiger partial charge on any atom is 0.277 e. The predicted octanol–water partition coefficient (Wildman–Crippen LogP) is 1.17. The molecule has 2 aromatic heterocycles. The Morgan fingerprint density at radius 3 is 2.81 bits per heavy atom. The third kappa shape index (κ3) is 2.48. The van der Waals surface area contributed by atoms with Crippen LogP contribution in [0.5, 0.6) is 0 Å². The number of nitrogens with one attached hydrogen (secondary N) is 1. The lowest BCUT2D eigenvalue weighted by atomic mass is 10.4. The van der Waals surface area contributed by atoms with Crippen molar-refractivity contribution >= 4 is 23.3 Å². The van der Waals surface area contributed by atoms with Crippen molar-refractivity contribution in [1.82, 2.24) is 19.9 Å². The molecule has 0 saturated carbocycles. The van der Waals surface area contributed by atoms with E-state index in [0.29, 0.717) is 5.82 Å². The van der Waals surface area contributed by atoms with Crippen LogP contribution in [0.4, 0.5) is 5.82 Å². The molecule has 0 saturated heterocycles. The molecule has 1 amide bonds. The summed E-state index contributed by atoms with van der Waals surface area (Å²) in [6.45, 7) is 0. The largest absolute Gasteiger partial charge is 0.305 e. The van der Waals surface area contributed by atoms with Crippen molar-refractivity contribution in [3.05, 3.63) is 41.8 Å². The highest BCUT2D eigenvalue weighted by molar-refractivity contribution is 6.29. The second-order valence-electron chi connectivity index (χ2n) is 2.77. The first-order valence-electron chi connectivity index (χ1n) is 4.30. The van der Waals surface area contributed by atoms with E-state index in [1.54, 1.807) is 0 Å². The third-order valence-electron chi connectivity index (χ3n) is 1.67. The van der Waals surface area contributed by atoms with E-state index in [1.807, 2.05) is 0 Å². The molecule has 0 aromatic carbocycles. The van der Waals surface area contributed by atoms with Gasteiger partial charge < -0.3 is 5.32 Å². The van der Waals surface area contributed by atoms with Crippen molar-refractivity contribution in [3.8, 4) is 0 Å². The van der Waals surface area contributed by atoms with Gasteiger partial charge in [-0.3, -0.25) is 9.78 Å². The minimum atomic E-state index is -0.400. The van der Waals surface area contributed by atoms with Gasteiger partial charge in [0.1, 0.15) is 23.0 Å². The molecule has 0 unspecified atom stereocenters. The van der Waals surface area contributed by atoms with Gasteiger partial charge in [-0.25, -0.2) is 15.0 Å². The molecule has 6 nitrogen and oxygen atoms in total. The van der Waals surface area contributed by atoms with Gasteiger partial charge in [-0.2, -0.15) is 0 Å². The molecule has 0 aliphatic carbocycles. The maximum absolute atomic E-state index is 11.6. The Labute approximate surface area is 95.7 Å². The normalized spacial score (nSPS) is 9.81. The molecule has 1 N–H and O–H groups in total. The smallest absolute Gasteiger partial charge is 0.277 e. The fourth-order valence-corrected chi connectivity index (χ4v) is 1.15. The molecule has 0 bridgehead atoms. The van der Waals surface area contributed by atoms with Crippen LogP contribution in [0.1, 0.15) is 10.5 Å². The van der Waals surface area contributed by atoms with Gasteiger partial charge in [-0.15, -0.1) is 0 Å². The molecule has 0 spiro atoms. The van der Waals surface area contributed by atoms with E-state index >= 15 is 0 Å². The molecule has 0 radical (unpaired) electrons. The van der Waals surface area contributed by atoms with Gasteiger partial charge in [-0.1, -0.05) is 11.6 Å². The van der Waals surface area contributed by atoms with Crippen LogP contribution in [0.15, 0.2) is 31.0 Å². The van der Waals surface area contributed by atoms with E-state index in [1.165, 1.54) is 31.0 Å². The zero-order valence-electron chi connectivity index (χ0n) is 7.96. The standard InChI is InChI=1S/C9H6ClN5O/c10-7-3-8(14-5-13-7)15-9(16)6-4-11-1-2-12-6/h1-5H,(H,13,14,15,16). The van der Waals surface area contributed by atoms with Crippen molar-refractivity contribution in [1.29, 1.82) is 0 Å². The van der Waals surface area contributed by atoms with Gasteiger partial charge in [0.2, 0.25) is 0 Å². The Morgan fingerprint density at radius 2 is 2.12 bits per heavy atom. The van der Waals surface area contributed by atoms with Crippen molar-refractivity contribution in [3.63, 3.8) is 0 Å². The highest BCUT2D eigenvalue weighted by Crippen LogP contribution is 2.09. The highest BCUT2D eigenvalue weighted by atomic mass is 35.5. The molecule has 2 aromatic rings. The van der Waals surface area contributed by atoms with Crippen LogP contribution in [0.25, 0.3) is 0 Å². The van der Waals surface area contributed by atoms with E-state index in [0.717, 1.165) is 0 Å². The maximum atomic E-state index is 11.6. The zero-order chi connectivity index (χ0) is 11.4. The lowest BCUT2D eigenvalue weighted by Gasteiger charge is -2.02. The molecule has 7 heteroatoms.